The second kappa shape index (κ2) is 9.00. The van der Waals surface area contributed by atoms with Crippen LogP contribution in [-0.2, 0) is 6.54 Å². The summed E-state index contributed by atoms with van der Waals surface area (Å²) in [7, 11) is 0. The Hall–Kier alpha value is -2.67. The number of nitrogens with one attached hydrogen (secondary N) is 1. The van der Waals surface area contributed by atoms with Gasteiger partial charge in [0.15, 0.2) is 5.11 Å². The quantitative estimate of drug-likeness (QED) is 0.574. The number of carbonyl (C=O) groups is 1. The number of aromatic carboxylic acids is 1. The first-order valence-corrected chi connectivity index (χ1v) is 10.6. The molecule has 154 valence electrons. The molecule has 0 saturated carbocycles. The molecule has 7 heteroatoms. The number of thiocarbonyl (C=S) groups is 1. The van der Waals surface area contributed by atoms with Gasteiger partial charge in [-0.2, -0.15) is 0 Å². The Morgan fingerprint density at radius 1 is 1.03 bits per heavy atom. The first kappa shape index (κ1) is 20.6. The average Bonchev–Trinajstić information content (AvgIpc) is 2.74. The van der Waals surface area contributed by atoms with Gasteiger partial charge in [-0.05, 0) is 46.8 Å². The van der Waals surface area contributed by atoms with E-state index in [0.717, 1.165) is 32.7 Å². The topological polar surface area (TPSA) is 55.8 Å². The van der Waals surface area contributed by atoms with Crippen LogP contribution in [0.3, 0.4) is 0 Å². The fourth-order valence-electron chi connectivity index (χ4n) is 3.75. The summed E-state index contributed by atoms with van der Waals surface area (Å²) in [5, 5.41) is 15.6. The number of carboxylic acid groups (broad SMARTS) is 1. The second-order valence-electron chi connectivity index (χ2n) is 7.33. The van der Waals surface area contributed by atoms with E-state index in [-0.39, 0.29) is 10.6 Å². The largest absolute Gasteiger partial charge is 0.478 e. The zero-order chi connectivity index (χ0) is 21.1. The third-order valence-corrected chi connectivity index (χ3v) is 6.06. The van der Waals surface area contributed by atoms with Crippen molar-refractivity contribution in [3.8, 4) is 0 Å². The minimum Gasteiger partial charge on any atom is -0.478 e. The molecule has 3 aromatic rings. The summed E-state index contributed by atoms with van der Waals surface area (Å²) in [6.07, 6.45) is 0. The molecule has 0 atom stereocenters. The van der Waals surface area contributed by atoms with Gasteiger partial charge >= 0.3 is 5.97 Å². The van der Waals surface area contributed by atoms with Gasteiger partial charge in [0.1, 0.15) is 0 Å². The van der Waals surface area contributed by atoms with Crippen LogP contribution < -0.4 is 5.32 Å². The van der Waals surface area contributed by atoms with E-state index >= 15 is 0 Å². The maximum atomic E-state index is 11.1. The first-order valence-electron chi connectivity index (χ1n) is 9.79. The van der Waals surface area contributed by atoms with Crippen LogP contribution in [0.4, 0.5) is 5.69 Å². The number of carboxylic acids is 1. The summed E-state index contributed by atoms with van der Waals surface area (Å²) in [5.41, 5.74) is 2.11. The molecule has 0 amide bonds. The van der Waals surface area contributed by atoms with E-state index in [4.69, 9.17) is 28.9 Å². The molecule has 2 N–H and O–H groups in total. The average molecular weight is 440 g/mol. The van der Waals surface area contributed by atoms with Crippen LogP contribution in [0.1, 0.15) is 15.9 Å². The Morgan fingerprint density at radius 2 is 1.77 bits per heavy atom. The zero-order valence-electron chi connectivity index (χ0n) is 16.3. The Kier molecular flexibility index (Phi) is 6.18. The lowest BCUT2D eigenvalue weighted by molar-refractivity contribution is 0.0697. The van der Waals surface area contributed by atoms with E-state index in [1.165, 1.54) is 22.4 Å². The third-order valence-electron chi connectivity index (χ3n) is 5.38. The minimum atomic E-state index is -1.04. The monoisotopic (exact) mass is 439 g/mol. The second-order valence-corrected chi connectivity index (χ2v) is 8.13. The van der Waals surface area contributed by atoms with Crippen molar-refractivity contribution in [3.63, 3.8) is 0 Å². The Bertz CT molecular complexity index is 1090. The van der Waals surface area contributed by atoms with Crippen molar-refractivity contribution in [2.24, 2.45) is 0 Å². The molecule has 0 radical (unpaired) electrons. The van der Waals surface area contributed by atoms with E-state index < -0.39 is 5.97 Å². The molecule has 0 bridgehead atoms. The van der Waals surface area contributed by atoms with Crippen LogP contribution in [0, 0.1) is 0 Å². The standard InChI is InChI=1S/C23H22ClN3O2S/c24-21-14-18(8-9-20(21)22(28)29)25-23(30)27-12-10-26(11-13-27)15-17-6-3-5-16-4-1-2-7-19(16)17/h1-9,14H,10-13,15H2,(H,25,30)(H,28,29). The molecule has 1 heterocycles. The van der Waals surface area contributed by atoms with Gasteiger partial charge < -0.3 is 15.3 Å². The molecule has 3 aromatic carbocycles. The highest BCUT2D eigenvalue weighted by molar-refractivity contribution is 7.80. The summed E-state index contributed by atoms with van der Waals surface area (Å²) >= 11 is 11.6. The van der Waals surface area contributed by atoms with Crippen molar-refractivity contribution in [2.75, 3.05) is 31.5 Å². The zero-order valence-corrected chi connectivity index (χ0v) is 17.9. The lowest BCUT2D eigenvalue weighted by Gasteiger charge is -2.36. The van der Waals surface area contributed by atoms with Crippen molar-refractivity contribution in [1.82, 2.24) is 9.80 Å². The van der Waals surface area contributed by atoms with Gasteiger partial charge in [-0.25, -0.2) is 4.79 Å². The fraction of sp³-hybridized carbons (Fsp3) is 0.217. The van der Waals surface area contributed by atoms with Crippen molar-refractivity contribution < 1.29 is 9.90 Å². The van der Waals surface area contributed by atoms with Gasteiger partial charge in [0.2, 0.25) is 0 Å². The molecule has 1 saturated heterocycles. The molecule has 0 spiro atoms. The first-order chi connectivity index (χ1) is 14.5. The maximum absolute atomic E-state index is 11.1. The number of anilines is 1. The predicted molar refractivity (Wildman–Crippen MR) is 125 cm³/mol. The number of halogens is 1. The highest BCUT2D eigenvalue weighted by atomic mass is 35.5. The molecule has 1 aliphatic heterocycles. The lowest BCUT2D eigenvalue weighted by Crippen LogP contribution is -2.49. The highest BCUT2D eigenvalue weighted by Crippen LogP contribution is 2.23. The Balaban J connectivity index is 1.34. The summed E-state index contributed by atoms with van der Waals surface area (Å²) < 4.78 is 0. The van der Waals surface area contributed by atoms with Crippen molar-refractivity contribution in [1.29, 1.82) is 0 Å². The number of nitrogens with zero attached hydrogens (tertiary/aromatic N) is 2. The molecule has 0 aliphatic carbocycles. The summed E-state index contributed by atoms with van der Waals surface area (Å²) in [5.74, 6) is -1.04. The molecule has 1 aliphatic rings. The van der Waals surface area contributed by atoms with Crippen molar-refractivity contribution in [2.45, 2.75) is 6.54 Å². The number of benzene rings is 3. The van der Waals surface area contributed by atoms with Crippen LogP contribution in [0.2, 0.25) is 5.02 Å². The van der Waals surface area contributed by atoms with Crippen LogP contribution in [0.25, 0.3) is 10.8 Å². The summed E-state index contributed by atoms with van der Waals surface area (Å²) in [6.45, 7) is 4.42. The minimum absolute atomic E-state index is 0.0789. The molecule has 5 nitrogen and oxygen atoms in total. The molecule has 1 fully saturated rings. The SMILES string of the molecule is O=C(O)c1ccc(NC(=S)N2CCN(Cc3cccc4ccccc34)CC2)cc1Cl. The maximum Gasteiger partial charge on any atom is 0.337 e. The molecule has 0 unspecified atom stereocenters. The highest BCUT2D eigenvalue weighted by Gasteiger charge is 2.20. The number of hydrogen-bond acceptors (Lipinski definition) is 3. The normalized spacial score (nSPS) is 14.6. The Morgan fingerprint density at radius 3 is 2.50 bits per heavy atom. The van der Waals surface area contributed by atoms with Gasteiger partial charge in [0.25, 0.3) is 0 Å². The van der Waals surface area contributed by atoms with Crippen molar-refractivity contribution >= 4 is 51.4 Å². The van der Waals surface area contributed by atoms with E-state index in [9.17, 15) is 4.79 Å². The van der Waals surface area contributed by atoms with Crippen LogP contribution in [0.5, 0.6) is 0 Å². The predicted octanol–water partition coefficient (Wildman–Crippen LogP) is 4.71. The van der Waals surface area contributed by atoms with E-state index in [0.29, 0.717) is 10.8 Å². The van der Waals surface area contributed by atoms with Crippen LogP contribution >= 0.6 is 23.8 Å². The molecular weight excluding hydrogens is 418 g/mol. The number of piperazine rings is 1. The van der Waals surface area contributed by atoms with Gasteiger partial charge in [0.05, 0.1) is 10.6 Å². The number of hydrogen-bond donors (Lipinski definition) is 2. The molecule has 0 aromatic heterocycles. The summed E-state index contributed by atoms with van der Waals surface area (Å²) in [6, 6.07) is 19.7. The molecule has 4 rings (SSSR count). The lowest BCUT2D eigenvalue weighted by atomic mass is 10.0. The van der Waals surface area contributed by atoms with Crippen molar-refractivity contribution in [3.05, 3.63) is 76.8 Å². The smallest absolute Gasteiger partial charge is 0.337 e. The van der Waals surface area contributed by atoms with Crippen LogP contribution in [0.15, 0.2) is 60.7 Å². The third kappa shape index (κ3) is 4.56. The number of rotatable bonds is 4. The van der Waals surface area contributed by atoms with Gasteiger partial charge in [-0.15, -0.1) is 0 Å². The van der Waals surface area contributed by atoms with Gasteiger partial charge in [0, 0.05) is 38.4 Å². The summed E-state index contributed by atoms with van der Waals surface area (Å²) in [4.78, 5) is 15.7. The fourth-order valence-corrected chi connectivity index (χ4v) is 4.31. The van der Waals surface area contributed by atoms with E-state index in [1.54, 1.807) is 12.1 Å². The molecule has 30 heavy (non-hydrogen) atoms. The number of fused-ring (bicyclic) bond motifs is 1. The van der Waals surface area contributed by atoms with Gasteiger partial charge in [-0.1, -0.05) is 54.1 Å². The van der Waals surface area contributed by atoms with Crippen LogP contribution in [-0.4, -0.2) is 52.2 Å². The van der Waals surface area contributed by atoms with Gasteiger partial charge in [-0.3, -0.25) is 4.90 Å². The Labute approximate surface area is 185 Å². The van der Waals surface area contributed by atoms with E-state index in [1.807, 2.05) is 0 Å². The molecular formula is C23H22ClN3O2S. The van der Waals surface area contributed by atoms with E-state index in [2.05, 4.69) is 57.6 Å².